The summed E-state index contributed by atoms with van der Waals surface area (Å²) in [6.45, 7) is 6.01. The summed E-state index contributed by atoms with van der Waals surface area (Å²) in [6.07, 6.45) is 1.13. The monoisotopic (exact) mass is 260 g/mol. The number of benzene rings is 1. The van der Waals surface area contributed by atoms with Crippen LogP contribution in [0.3, 0.4) is 0 Å². The van der Waals surface area contributed by atoms with Crippen LogP contribution >= 0.6 is 23.2 Å². The summed E-state index contributed by atoms with van der Waals surface area (Å²) in [4.78, 5) is 0. The lowest BCUT2D eigenvalue weighted by Crippen LogP contribution is -2.21. The zero-order chi connectivity index (χ0) is 11.8. The first-order chi connectivity index (χ1) is 7.72. The quantitative estimate of drug-likeness (QED) is 0.737. The van der Waals surface area contributed by atoms with Crippen LogP contribution < -0.4 is 10.6 Å². The largest absolute Gasteiger partial charge is 0.317 e. The molecule has 0 aliphatic rings. The number of rotatable bonds is 7. The molecule has 90 valence electrons. The van der Waals surface area contributed by atoms with E-state index in [9.17, 15) is 0 Å². The van der Waals surface area contributed by atoms with Gasteiger partial charge in [-0.15, -0.1) is 0 Å². The minimum absolute atomic E-state index is 0.692. The van der Waals surface area contributed by atoms with Crippen molar-refractivity contribution in [1.82, 2.24) is 10.6 Å². The highest BCUT2D eigenvalue weighted by molar-refractivity contribution is 6.34. The molecule has 4 heteroatoms. The normalized spacial score (nSPS) is 10.7. The van der Waals surface area contributed by atoms with Gasteiger partial charge in [0, 0.05) is 16.6 Å². The summed E-state index contributed by atoms with van der Waals surface area (Å²) in [5.41, 5.74) is 1.13. The second-order valence-corrected chi connectivity index (χ2v) is 4.53. The predicted octanol–water partition coefficient (Wildman–Crippen LogP) is 3.08. The van der Waals surface area contributed by atoms with Gasteiger partial charge < -0.3 is 10.6 Å². The maximum atomic E-state index is 5.91. The zero-order valence-corrected chi connectivity index (χ0v) is 11.0. The van der Waals surface area contributed by atoms with Crippen LogP contribution in [-0.2, 0) is 6.54 Å². The van der Waals surface area contributed by atoms with Crippen LogP contribution in [0.4, 0.5) is 0 Å². The van der Waals surface area contributed by atoms with Crippen LogP contribution in [0.5, 0.6) is 0 Å². The van der Waals surface area contributed by atoms with Gasteiger partial charge in [0.1, 0.15) is 0 Å². The molecule has 1 aromatic carbocycles. The summed E-state index contributed by atoms with van der Waals surface area (Å²) >= 11 is 11.8. The third-order valence-electron chi connectivity index (χ3n) is 2.21. The van der Waals surface area contributed by atoms with E-state index in [1.54, 1.807) is 6.07 Å². The standard InChI is InChI=1S/C12H18Cl2N2/c1-2-15-4-3-5-16-9-10-6-11(13)8-12(14)7-10/h6-8,15-16H,2-5,9H2,1H3. The first kappa shape index (κ1) is 13.8. The Kier molecular flexibility index (Phi) is 6.81. The molecule has 0 unspecified atom stereocenters. The van der Waals surface area contributed by atoms with Crippen molar-refractivity contribution < 1.29 is 0 Å². The van der Waals surface area contributed by atoms with Crippen molar-refractivity contribution in [3.05, 3.63) is 33.8 Å². The Morgan fingerprint density at radius 3 is 2.25 bits per heavy atom. The molecule has 0 atom stereocenters. The molecule has 1 aromatic rings. The van der Waals surface area contributed by atoms with Gasteiger partial charge in [0.15, 0.2) is 0 Å². The third kappa shape index (κ3) is 5.71. The first-order valence-electron chi connectivity index (χ1n) is 5.58. The minimum Gasteiger partial charge on any atom is -0.317 e. The molecule has 0 bridgehead atoms. The van der Waals surface area contributed by atoms with Gasteiger partial charge in [-0.05, 0) is 49.8 Å². The van der Waals surface area contributed by atoms with E-state index in [-0.39, 0.29) is 0 Å². The Morgan fingerprint density at radius 1 is 1.00 bits per heavy atom. The highest BCUT2D eigenvalue weighted by atomic mass is 35.5. The number of hydrogen-bond donors (Lipinski definition) is 2. The summed E-state index contributed by atoms with van der Waals surface area (Å²) in [6, 6.07) is 5.62. The topological polar surface area (TPSA) is 24.1 Å². The molecule has 0 spiro atoms. The van der Waals surface area contributed by atoms with E-state index in [4.69, 9.17) is 23.2 Å². The van der Waals surface area contributed by atoms with Gasteiger partial charge in [-0.2, -0.15) is 0 Å². The zero-order valence-electron chi connectivity index (χ0n) is 9.52. The third-order valence-corrected chi connectivity index (χ3v) is 2.65. The molecule has 0 aromatic heterocycles. The fourth-order valence-corrected chi connectivity index (χ4v) is 2.03. The van der Waals surface area contributed by atoms with Crippen molar-refractivity contribution in [3.63, 3.8) is 0 Å². The van der Waals surface area contributed by atoms with Crippen molar-refractivity contribution in [2.45, 2.75) is 19.9 Å². The Morgan fingerprint density at radius 2 is 1.62 bits per heavy atom. The molecule has 0 aliphatic carbocycles. The molecule has 0 saturated carbocycles. The molecular formula is C12H18Cl2N2. The van der Waals surface area contributed by atoms with Crippen LogP contribution in [0, 0.1) is 0 Å². The van der Waals surface area contributed by atoms with Gasteiger partial charge in [-0.25, -0.2) is 0 Å². The lowest BCUT2D eigenvalue weighted by atomic mass is 10.2. The Hall–Kier alpha value is -0.280. The predicted molar refractivity (Wildman–Crippen MR) is 71.3 cm³/mol. The van der Waals surface area contributed by atoms with Gasteiger partial charge in [0.05, 0.1) is 0 Å². The van der Waals surface area contributed by atoms with Gasteiger partial charge in [0.25, 0.3) is 0 Å². The average Bonchev–Trinajstić information content (AvgIpc) is 2.22. The molecule has 0 saturated heterocycles. The van der Waals surface area contributed by atoms with Crippen molar-refractivity contribution in [2.24, 2.45) is 0 Å². The summed E-state index contributed by atoms with van der Waals surface area (Å²) < 4.78 is 0. The van der Waals surface area contributed by atoms with Crippen molar-refractivity contribution in [2.75, 3.05) is 19.6 Å². The summed E-state index contributed by atoms with van der Waals surface area (Å²) in [5, 5.41) is 8.02. The van der Waals surface area contributed by atoms with E-state index in [0.29, 0.717) is 10.0 Å². The maximum absolute atomic E-state index is 5.91. The molecule has 2 nitrogen and oxygen atoms in total. The van der Waals surface area contributed by atoms with E-state index in [0.717, 1.165) is 38.2 Å². The van der Waals surface area contributed by atoms with Crippen molar-refractivity contribution in [3.8, 4) is 0 Å². The molecule has 0 amide bonds. The average molecular weight is 261 g/mol. The molecular weight excluding hydrogens is 243 g/mol. The Bertz CT molecular complexity index is 296. The molecule has 2 N–H and O–H groups in total. The maximum Gasteiger partial charge on any atom is 0.0424 e. The smallest absolute Gasteiger partial charge is 0.0424 e. The van der Waals surface area contributed by atoms with Crippen molar-refractivity contribution >= 4 is 23.2 Å². The summed E-state index contributed by atoms with van der Waals surface area (Å²) in [5.74, 6) is 0. The Balaban J connectivity index is 2.21. The van der Waals surface area contributed by atoms with Crippen LogP contribution in [0.1, 0.15) is 18.9 Å². The highest BCUT2D eigenvalue weighted by Gasteiger charge is 1.97. The number of hydrogen-bond acceptors (Lipinski definition) is 2. The molecule has 0 aliphatic heterocycles. The fourth-order valence-electron chi connectivity index (χ4n) is 1.46. The number of nitrogens with one attached hydrogen (secondary N) is 2. The molecule has 0 heterocycles. The van der Waals surface area contributed by atoms with E-state index in [1.807, 2.05) is 12.1 Å². The van der Waals surface area contributed by atoms with Gasteiger partial charge >= 0.3 is 0 Å². The fraction of sp³-hybridized carbons (Fsp3) is 0.500. The molecule has 16 heavy (non-hydrogen) atoms. The van der Waals surface area contributed by atoms with E-state index in [1.165, 1.54) is 0 Å². The van der Waals surface area contributed by atoms with E-state index >= 15 is 0 Å². The lowest BCUT2D eigenvalue weighted by Gasteiger charge is -2.06. The van der Waals surface area contributed by atoms with Crippen LogP contribution in [0.15, 0.2) is 18.2 Å². The van der Waals surface area contributed by atoms with Gasteiger partial charge in [0.2, 0.25) is 0 Å². The molecule has 0 fully saturated rings. The summed E-state index contributed by atoms with van der Waals surface area (Å²) in [7, 11) is 0. The first-order valence-corrected chi connectivity index (χ1v) is 6.34. The molecule has 1 rings (SSSR count). The van der Waals surface area contributed by atoms with Crippen LogP contribution in [-0.4, -0.2) is 19.6 Å². The SMILES string of the molecule is CCNCCCNCc1cc(Cl)cc(Cl)c1. The molecule has 0 radical (unpaired) electrons. The second kappa shape index (κ2) is 7.91. The van der Waals surface area contributed by atoms with Crippen molar-refractivity contribution in [1.29, 1.82) is 0 Å². The van der Waals surface area contributed by atoms with Gasteiger partial charge in [-0.1, -0.05) is 30.1 Å². The van der Waals surface area contributed by atoms with Crippen LogP contribution in [0.2, 0.25) is 10.0 Å². The highest BCUT2D eigenvalue weighted by Crippen LogP contribution is 2.18. The lowest BCUT2D eigenvalue weighted by molar-refractivity contribution is 0.606. The number of halogens is 2. The van der Waals surface area contributed by atoms with Crippen LogP contribution in [0.25, 0.3) is 0 Å². The Labute approximate surface area is 107 Å². The van der Waals surface area contributed by atoms with Gasteiger partial charge in [-0.3, -0.25) is 0 Å². The minimum atomic E-state index is 0.692. The van der Waals surface area contributed by atoms with E-state index in [2.05, 4.69) is 17.6 Å². The second-order valence-electron chi connectivity index (χ2n) is 3.66. The van der Waals surface area contributed by atoms with E-state index < -0.39 is 0 Å².